The normalized spacial score (nSPS) is 14.5. The van der Waals surface area contributed by atoms with E-state index in [1.54, 1.807) is 4.90 Å². The van der Waals surface area contributed by atoms with E-state index in [-0.39, 0.29) is 17.4 Å². The number of carbonyl (C=O) groups excluding carboxylic acids is 2. The van der Waals surface area contributed by atoms with E-state index in [0.717, 1.165) is 12.1 Å². The molecular formula is C17H25N3O2. The maximum absolute atomic E-state index is 12.1. The van der Waals surface area contributed by atoms with Gasteiger partial charge in [0.25, 0.3) is 0 Å². The maximum atomic E-state index is 12.1. The summed E-state index contributed by atoms with van der Waals surface area (Å²) >= 11 is 0. The van der Waals surface area contributed by atoms with Gasteiger partial charge in [0.05, 0.1) is 0 Å². The maximum Gasteiger partial charge on any atom is 0.314 e. The third kappa shape index (κ3) is 4.48. The number of amides is 3. The fourth-order valence-electron chi connectivity index (χ4n) is 2.43. The number of benzene rings is 1. The minimum atomic E-state index is -0.187. The molecule has 0 bridgehead atoms. The Morgan fingerprint density at radius 1 is 1.18 bits per heavy atom. The highest BCUT2D eigenvalue weighted by Gasteiger charge is 2.23. The lowest BCUT2D eigenvalue weighted by atomic mass is 9.97. The van der Waals surface area contributed by atoms with E-state index in [0.29, 0.717) is 26.1 Å². The molecule has 0 saturated carbocycles. The first-order valence-corrected chi connectivity index (χ1v) is 7.77. The zero-order valence-corrected chi connectivity index (χ0v) is 13.6. The first-order valence-electron chi connectivity index (χ1n) is 7.77. The average molecular weight is 303 g/mol. The van der Waals surface area contributed by atoms with Gasteiger partial charge in [-0.15, -0.1) is 0 Å². The van der Waals surface area contributed by atoms with Crippen molar-refractivity contribution in [3.8, 4) is 0 Å². The lowest BCUT2D eigenvalue weighted by Crippen LogP contribution is -2.45. The quantitative estimate of drug-likeness (QED) is 0.896. The Bertz CT molecular complexity index is 549. The van der Waals surface area contributed by atoms with E-state index in [4.69, 9.17) is 0 Å². The fourth-order valence-corrected chi connectivity index (χ4v) is 2.43. The summed E-state index contributed by atoms with van der Waals surface area (Å²) in [5, 5.41) is 5.65. The second-order valence-corrected chi connectivity index (χ2v) is 6.84. The fraction of sp³-hybridized carbons (Fsp3) is 0.529. The summed E-state index contributed by atoms with van der Waals surface area (Å²) in [4.78, 5) is 25.6. The second-order valence-electron chi connectivity index (χ2n) is 6.84. The van der Waals surface area contributed by atoms with Crippen molar-refractivity contribution in [2.24, 2.45) is 5.41 Å². The standard InChI is InChI=1S/C17H25N3O2/c1-17(2,3)12-19-16(22)18-10-11-20-14-7-5-4-6-13(14)8-9-15(20)21/h4-7H,8-12H2,1-3H3,(H2,18,19,22). The monoisotopic (exact) mass is 303 g/mol. The van der Waals surface area contributed by atoms with Gasteiger partial charge >= 0.3 is 6.03 Å². The Morgan fingerprint density at radius 3 is 2.64 bits per heavy atom. The molecule has 2 N–H and O–H groups in total. The average Bonchev–Trinajstić information content (AvgIpc) is 2.47. The molecule has 1 aliphatic rings. The van der Waals surface area contributed by atoms with Crippen molar-refractivity contribution in [2.45, 2.75) is 33.6 Å². The molecule has 0 saturated heterocycles. The first-order chi connectivity index (χ1) is 10.4. The van der Waals surface area contributed by atoms with Crippen LogP contribution in [0, 0.1) is 5.41 Å². The number of aryl methyl sites for hydroxylation is 1. The number of carbonyl (C=O) groups is 2. The van der Waals surface area contributed by atoms with Gasteiger partial charge in [-0.3, -0.25) is 4.79 Å². The molecule has 1 aromatic rings. The van der Waals surface area contributed by atoms with E-state index in [1.165, 1.54) is 5.56 Å². The molecule has 5 nitrogen and oxygen atoms in total. The van der Waals surface area contributed by atoms with E-state index < -0.39 is 0 Å². The lowest BCUT2D eigenvalue weighted by molar-refractivity contribution is -0.118. The van der Waals surface area contributed by atoms with Gasteiger partial charge in [0.2, 0.25) is 5.91 Å². The van der Waals surface area contributed by atoms with Gasteiger partial charge in [-0.1, -0.05) is 39.0 Å². The molecule has 5 heteroatoms. The van der Waals surface area contributed by atoms with Crippen molar-refractivity contribution in [1.82, 2.24) is 10.6 Å². The zero-order chi connectivity index (χ0) is 16.2. The number of fused-ring (bicyclic) bond motifs is 1. The van der Waals surface area contributed by atoms with Gasteiger partial charge in [0.15, 0.2) is 0 Å². The highest BCUT2D eigenvalue weighted by Crippen LogP contribution is 2.26. The van der Waals surface area contributed by atoms with Gasteiger partial charge in [0.1, 0.15) is 0 Å². The number of para-hydroxylation sites is 1. The number of hydrogen-bond acceptors (Lipinski definition) is 2. The summed E-state index contributed by atoms with van der Waals surface area (Å²) in [6.07, 6.45) is 1.33. The van der Waals surface area contributed by atoms with Gasteiger partial charge in [-0.05, 0) is 23.5 Å². The molecular weight excluding hydrogens is 278 g/mol. The Kier molecular flexibility index (Phi) is 5.06. The molecule has 1 heterocycles. The minimum Gasteiger partial charge on any atom is -0.338 e. The van der Waals surface area contributed by atoms with Crippen molar-refractivity contribution in [1.29, 1.82) is 0 Å². The SMILES string of the molecule is CC(C)(C)CNC(=O)NCCN1C(=O)CCc2ccccc21. The molecule has 120 valence electrons. The number of urea groups is 1. The van der Waals surface area contributed by atoms with Crippen molar-refractivity contribution in [2.75, 3.05) is 24.5 Å². The van der Waals surface area contributed by atoms with E-state index in [2.05, 4.69) is 37.5 Å². The predicted molar refractivity (Wildman–Crippen MR) is 88.0 cm³/mol. The molecule has 1 aromatic carbocycles. The molecule has 0 fully saturated rings. The molecule has 0 spiro atoms. The Hall–Kier alpha value is -2.04. The largest absolute Gasteiger partial charge is 0.338 e. The van der Waals surface area contributed by atoms with Crippen LogP contribution in [0.3, 0.4) is 0 Å². The first kappa shape index (κ1) is 16.3. The second kappa shape index (κ2) is 6.81. The molecule has 0 unspecified atom stereocenters. The number of nitrogens with one attached hydrogen (secondary N) is 2. The molecule has 0 aliphatic carbocycles. The van der Waals surface area contributed by atoms with Crippen molar-refractivity contribution in [3.05, 3.63) is 29.8 Å². The molecule has 0 atom stereocenters. The summed E-state index contributed by atoms with van der Waals surface area (Å²) in [6.45, 7) is 7.75. The van der Waals surface area contributed by atoms with Crippen LogP contribution in [-0.4, -0.2) is 31.6 Å². The summed E-state index contributed by atoms with van der Waals surface area (Å²) in [5.41, 5.74) is 2.22. The van der Waals surface area contributed by atoms with Crippen LogP contribution < -0.4 is 15.5 Å². The highest BCUT2D eigenvalue weighted by atomic mass is 16.2. The van der Waals surface area contributed by atoms with Crippen LogP contribution in [0.15, 0.2) is 24.3 Å². The number of nitrogens with zero attached hydrogens (tertiary/aromatic N) is 1. The van der Waals surface area contributed by atoms with Crippen molar-refractivity contribution >= 4 is 17.6 Å². The van der Waals surface area contributed by atoms with E-state index >= 15 is 0 Å². The Morgan fingerprint density at radius 2 is 1.91 bits per heavy atom. The highest BCUT2D eigenvalue weighted by molar-refractivity contribution is 5.96. The lowest BCUT2D eigenvalue weighted by Gasteiger charge is -2.29. The van der Waals surface area contributed by atoms with E-state index in [1.807, 2.05) is 18.2 Å². The van der Waals surface area contributed by atoms with Gasteiger partial charge < -0.3 is 15.5 Å². The van der Waals surface area contributed by atoms with Crippen LogP contribution in [-0.2, 0) is 11.2 Å². The van der Waals surface area contributed by atoms with E-state index in [9.17, 15) is 9.59 Å². The van der Waals surface area contributed by atoms with Crippen LogP contribution in [0.5, 0.6) is 0 Å². The van der Waals surface area contributed by atoms with Gasteiger partial charge in [0, 0.05) is 31.7 Å². The molecule has 0 aromatic heterocycles. The van der Waals surface area contributed by atoms with Crippen molar-refractivity contribution < 1.29 is 9.59 Å². The van der Waals surface area contributed by atoms with Gasteiger partial charge in [-0.25, -0.2) is 4.79 Å². The smallest absolute Gasteiger partial charge is 0.314 e. The molecule has 3 amide bonds. The number of rotatable bonds is 4. The number of hydrogen-bond donors (Lipinski definition) is 2. The van der Waals surface area contributed by atoms with Crippen molar-refractivity contribution in [3.63, 3.8) is 0 Å². The summed E-state index contributed by atoms with van der Waals surface area (Å²) < 4.78 is 0. The zero-order valence-electron chi connectivity index (χ0n) is 13.6. The third-order valence-electron chi connectivity index (χ3n) is 3.59. The molecule has 2 rings (SSSR count). The molecule has 0 radical (unpaired) electrons. The Balaban J connectivity index is 1.84. The van der Waals surface area contributed by atoms with Crippen LogP contribution in [0.4, 0.5) is 10.5 Å². The van der Waals surface area contributed by atoms with Gasteiger partial charge in [-0.2, -0.15) is 0 Å². The number of anilines is 1. The topological polar surface area (TPSA) is 61.4 Å². The van der Waals surface area contributed by atoms with Crippen LogP contribution in [0.25, 0.3) is 0 Å². The molecule has 1 aliphatic heterocycles. The molecule has 22 heavy (non-hydrogen) atoms. The predicted octanol–water partition coefficient (Wildman–Crippen LogP) is 2.31. The Labute approximate surface area is 132 Å². The third-order valence-corrected chi connectivity index (χ3v) is 3.59. The van der Waals surface area contributed by atoms with Crippen LogP contribution >= 0.6 is 0 Å². The minimum absolute atomic E-state index is 0.0547. The van der Waals surface area contributed by atoms with Crippen LogP contribution in [0.1, 0.15) is 32.8 Å². The summed E-state index contributed by atoms with van der Waals surface area (Å²) in [5.74, 6) is 0.121. The summed E-state index contributed by atoms with van der Waals surface area (Å²) in [7, 11) is 0. The van der Waals surface area contributed by atoms with Crippen LogP contribution in [0.2, 0.25) is 0 Å². The summed E-state index contributed by atoms with van der Waals surface area (Å²) in [6, 6.07) is 7.76.